The third-order valence-corrected chi connectivity index (χ3v) is 5.94. The van der Waals surface area contributed by atoms with Gasteiger partial charge in [0, 0.05) is 36.0 Å². The van der Waals surface area contributed by atoms with Gasteiger partial charge in [-0.25, -0.2) is 0 Å². The van der Waals surface area contributed by atoms with E-state index in [4.69, 9.17) is 10.1 Å². The molecule has 3 N–H and O–H groups in total. The molecule has 8 heteroatoms. The fourth-order valence-corrected chi connectivity index (χ4v) is 4.47. The van der Waals surface area contributed by atoms with Gasteiger partial charge >= 0.3 is 0 Å². The molecule has 0 radical (unpaired) electrons. The largest absolute Gasteiger partial charge is 0.476 e. The van der Waals surface area contributed by atoms with Gasteiger partial charge in [-0.3, -0.25) is 24.7 Å². The van der Waals surface area contributed by atoms with Crippen LogP contribution in [0.5, 0.6) is 0 Å². The number of carbonyl (C=O) groups is 3. The van der Waals surface area contributed by atoms with Crippen LogP contribution in [0.2, 0.25) is 0 Å². The second-order valence-electron chi connectivity index (χ2n) is 9.71. The van der Waals surface area contributed by atoms with Gasteiger partial charge in [-0.05, 0) is 56.7 Å². The molecule has 0 spiro atoms. The molecule has 8 nitrogen and oxygen atoms in total. The van der Waals surface area contributed by atoms with Crippen LogP contribution in [0.25, 0.3) is 10.8 Å². The minimum Gasteiger partial charge on any atom is -0.476 e. The van der Waals surface area contributed by atoms with Gasteiger partial charge in [-0.1, -0.05) is 24.8 Å². The van der Waals surface area contributed by atoms with Gasteiger partial charge in [0.25, 0.3) is 5.91 Å². The molecule has 2 aromatic carbocycles. The first-order valence-corrected chi connectivity index (χ1v) is 11.4. The quantitative estimate of drug-likeness (QED) is 0.448. The SMILES string of the molecule is C=C1CCC(N2C(=O)c3cccc4c(CNC(=O)CCC(=N)OC(C)(C)C)ccc2c34)C(=O)N1. The van der Waals surface area contributed by atoms with Crippen molar-refractivity contribution in [3.63, 3.8) is 0 Å². The number of hydrogen-bond donors (Lipinski definition) is 3. The highest BCUT2D eigenvalue weighted by Crippen LogP contribution is 2.41. The molecule has 0 aromatic heterocycles. The van der Waals surface area contributed by atoms with E-state index in [1.165, 1.54) is 0 Å². The van der Waals surface area contributed by atoms with E-state index in [-0.39, 0.29) is 36.5 Å². The average Bonchev–Trinajstić information content (AvgIpc) is 3.04. The van der Waals surface area contributed by atoms with E-state index < -0.39 is 11.6 Å². The van der Waals surface area contributed by atoms with Crippen LogP contribution in [0.1, 0.15) is 62.4 Å². The van der Waals surface area contributed by atoms with Crippen LogP contribution in [0, 0.1) is 5.41 Å². The summed E-state index contributed by atoms with van der Waals surface area (Å²) in [6.07, 6.45) is 1.54. The lowest BCUT2D eigenvalue weighted by molar-refractivity contribution is -0.123. The van der Waals surface area contributed by atoms with Gasteiger partial charge < -0.3 is 15.4 Å². The first kappa shape index (κ1) is 23.5. The zero-order valence-electron chi connectivity index (χ0n) is 19.8. The number of benzene rings is 2. The molecular weight excluding hydrogens is 432 g/mol. The van der Waals surface area contributed by atoms with Gasteiger partial charge in [0.2, 0.25) is 11.8 Å². The predicted octanol–water partition coefficient (Wildman–Crippen LogP) is 3.78. The zero-order valence-corrected chi connectivity index (χ0v) is 19.8. The van der Waals surface area contributed by atoms with Crippen molar-refractivity contribution >= 4 is 40.1 Å². The maximum absolute atomic E-state index is 13.3. The molecule has 2 aromatic rings. The third kappa shape index (κ3) is 4.66. The average molecular weight is 463 g/mol. The monoisotopic (exact) mass is 462 g/mol. The number of hydrogen-bond acceptors (Lipinski definition) is 5. The van der Waals surface area contributed by atoms with Crippen molar-refractivity contribution in [3.8, 4) is 0 Å². The number of piperidine rings is 1. The molecule has 2 heterocycles. The summed E-state index contributed by atoms with van der Waals surface area (Å²) < 4.78 is 5.46. The number of nitrogens with one attached hydrogen (secondary N) is 3. The van der Waals surface area contributed by atoms with Crippen molar-refractivity contribution in [2.45, 2.75) is 64.6 Å². The molecule has 1 unspecified atom stereocenters. The highest BCUT2D eigenvalue weighted by Gasteiger charge is 2.39. The van der Waals surface area contributed by atoms with Crippen LogP contribution in [0.15, 0.2) is 42.6 Å². The lowest BCUT2D eigenvalue weighted by Crippen LogP contribution is -2.51. The van der Waals surface area contributed by atoms with E-state index in [2.05, 4.69) is 17.2 Å². The molecule has 2 aliphatic heterocycles. The minimum atomic E-state index is -0.579. The Morgan fingerprint density at radius 2 is 2.00 bits per heavy atom. The van der Waals surface area contributed by atoms with Crippen molar-refractivity contribution in [3.05, 3.63) is 53.7 Å². The van der Waals surface area contributed by atoms with E-state index in [0.717, 1.165) is 16.3 Å². The topological polar surface area (TPSA) is 112 Å². The van der Waals surface area contributed by atoms with Gasteiger partial charge in [-0.15, -0.1) is 0 Å². The van der Waals surface area contributed by atoms with Crippen LogP contribution < -0.4 is 15.5 Å². The summed E-state index contributed by atoms with van der Waals surface area (Å²) >= 11 is 0. The standard InChI is InChI=1S/C26H30N4O4/c1-15-8-10-20(24(32)29-15)30-19-11-9-16(17-6-5-7-18(23(17)19)25(30)33)14-28-22(31)13-12-21(27)34-26(2,3)4/h5-7,9,11,20,27H,1,8,10,12-14H2,2-4H3,(H,28,31)(H,29,32). The molecule has 34 heavy (non-hydrogen) atoms. The number of rotatable bonds is 6. The van der Waals surface area contributed by atoms with Crippen molar-refractivity contribution in [1.29, 1.82) is 5.41 Å². The van der Waals surface area contributed by atoms with Crippen LogP contribution >= 0.6 is 0 Å². The highest BCUT2D eigenvalue weighted by molar-refractivity contribution is 6.27. The summed E-state index contributed by atoms with van der Waals surface area (Å²) in [5, 5.41) is 15.2. The Morgan fingerprint density at radius 1 is 1.24 bits per heavy atom. The number of amides is 3. The normalized spacial score (nSPS) is 17.7. The lowest BCUT2D eigenvalue weighted by atomic mass is 10.00. The van der Waals surface area contributed by atoms with Crippen molar-refractivity contribution in [1.82, 2.24) is 10.6 Å². The molecule has 3 amide bonds. The molecule has 1 saturated heterocycles. The molecule has 0 aliphatic carbocycles. The number of nitrogens with zero attached hydrogens (tertiary/aromatic N) is 1. The molecule has 4 rings (SSSR count). The van der Waals surface area contributed by atoms with Crippen molar-refractivity contribution < 1.29 is 19.1 Å². The molecular formula is C26H30N4O4. The summed E-state index contributed by atoms with van der Waals surface area (Å²) in [4.78, 5) is 39.8. The lowest BCUT2D eigenvalue weighted by Gasteiger charge is -2.31. The molecule has 2 aliphatic rings. The summed E-state index contributed by atoms with van der Waals surface area (Å²) in [6, 6.07) is 8.68. The van der Waals surface area contributed by atoms with Crippen LogP contribution in [-0.4, -0.2) is 35.3 Å². The summed E-state index contributed by atoms with van der Waals surface area (Å²) in [6.45, 7) is 9.70. The van der Waals surface area contributed by atoms with Gasteiger partial charge in [0.05, 0.1) is 5.69 Å². The zero-order chi connectivity index (χ0) is 24.6. The van der Waals surface area contributed by atoms with E-state index >= 15 is 0 Å². The Bertz CT molecular complexity index is 1210. The van der Waals surface area contributed by atoms with Crippen LogP contribution in [0.3, 0.4) is 0 Å². The summed E-state index contributed by atoms with van der Waals surface area (Å²) in [7, 11) is 0. The molecule has 1 fully saturated rings. The van der Waals surface area contributed by atoms with E-state index in [9.17, 15) is 14.4 Å². The Hall–Kier alpha value is -3.68. The van der Waals surface area contributed by atoms with E-state index in [1.54, 1.807) is 11.0 Å². The summed E-state index contributed by atoms with van der Waals surface area (Å²) in [5.41, 5.74) is 2.36. The smallest absolute Gasteiger partial charge is 0.259 e. The van der Waals surface area contributed by atoms with E-state index in [0.29, 0.717) is 36.3 Å². The number of allylic oxidation sites excluding steroid dienone is 1. The second-order valence-corrected chi connectivity index (χ2v) is 9.71. The van der Waals surface area contributed by atoms with E-state index in [1.807, 2.05) is 45.0 Å². The van der Waals surface area contributed by atoms with Gasteiger partial charge in [0.15, 0.2) is 5.90 Å². The molecule has 0 saturated carbocycles. The number of anilines is 1. The Balaban J connectivity index is 1.50. The molecule has 178 valence electrons. The second kappa shape index (κ2) is 8.93. The first-order valence-electron chi connectivity index (χ1n) is 11.4. The maximum Gasteiger partial charge on any atom is 0.259 e. The predicted molar refractivity (Wildman–Crippen MR) is 131 cm³/mol. The Kier molecular flexibility index (Phi) is 6.17. The summed E-state index contributed by atoms with van der Waals surface area (Å²) in [5.74, 6) is -0.501. The molecule has 0 bridgehead atoms. The highest BCUT2D eigenvalue weighted by atomic mass is 16.5. The molecule has 1 atom stereocenters. The van der Waals surface area contributed by atoms with Crippen LogP contribution in [0.4, 0.5) is 5.69 Å². The third-order valence-electron chi connectivity index (χ3n) is 5.94. The van der Waals surface area contributed by atoms with Crippen molar-refractivity contribution in [2.24, 2.45) is 0 Å². The first-order chi connectivity index (χ1) is 16.0. The Morgan fingerprint density at radius 3 is 2.71 bits per heavy atom. The van der Waals surface area contributed by atoms with Crippen LogP contribution in [-0.2, 0) is 20.9 Å². The van der Waals surface area contributed by atoms with Gasteiger partial charge in [-0.2, -0.15) is 0 Å². The fourth-order valence-electron chi connectivity index (χ4n) is 4.47. The Labute approximate surface area is 198 Å². The van der Waals surface area contributed by atoms with Gasteiger partial charge in [0.1, 0.15) is 11.6 Å². The number of ether oxygens (including phenoxy) is 1. The number of carbonyl (C=O) groups excluding carboxylic acids is 3. The maximum atomic E-state index is 13.3. The van der Waals surface area contributed by atoms with Crippen molar-refractivity contribution in [2.75, 3.05) is 4.90 Å². The fraction of sp³-hybridized carbons (Fsp3) is 0.385. The minimum absolute atomic E-state index is 0.0851.